The first-order valence-corrected chi connectivity index (χ1v) is 6.37. The van der Waals surface area contributed by atoms with E-state index >= 15 is 0 Å². The predicted octanol–water partition coefficient (Wildman–Crippen LogP) is 4.07. The molecule has 3 heteroatoms. The summed E-state index contributed by atoms with van der Waals surface area (Å²) < 4.78 is 25.5. The molecule has 0 aromatic heterocycles. The zero-order valence-corrected chi connectivity index (χ0v) is 10.8. The molecule has 0 aliphatic carbocycles. The predicted molar refractivity (Wildman–Crippen MR) is 74.9 cm³/mol. The Hall–Kier alpha value is -1.74. The van der Waals surface area contributed by atoms with Crippen LogP contribution in [-0.2, 0) is 13.0 Å². The molecule has 0 radical (unpaired) electrons. The third-order valence-corrected chi connectivity index (χ3v) is 3.26. The van der Waals surface area contributed by atoms with E-state index in [-0.39, 0.29) is 0 Å². The quantitative estimate of drug-likeness (QED) is 0.809. The van der Waals surface area contributed by atoms with Crippen LogP contribution in [0.3, 0.4) is 0 Å². The molecule has 1 aromatic carbocycles. The number of halogens is 2. The van der Waals surface area contributed by atoms with Crippen LogP contribution in [0.5, 0.6) is 0 Å². The fourth-order valence-corrected chi connectivity index (χ4v) is 2.30. The van der Waals surface area contributed by atoms with Gasteiger partial charge in [0, 0.05) is 12.1 Å². The fraction of sp³-hybridized carbons (Fsp3) is 0.250. The molecule has 0 unspecified atom stereocenters. The largest absolute Gasteiger partial charge is 0.313 e. The van der Waals surface area contributed by atoms with Crippen molar-refractivity contribution < 1.29 is 8.78 Å². The third-order valence-electron chi connectivity index (χ3n) is 3.26. The van der Waals surface area contributed by atoms with Crippen LogP contribution in [0.2, 0.25) is 0 Å². The van der Waals surface area contributed by atoms with E-state index in [4.69, 9.17) is 0 Å². The van der Waals surface area contributed by atoms with Crippen molar-refractivity contribution in [2.45, 2.75) is 19.4 Å². The smallest absolute Gasteiger partial charge is 0.123 e. The van der Waals surface area contributed by atoms with Gasteiger partial charge in [-0.3, -0.25) is 0 Å². The number of aryl methyl sites for hydroxylation is 1. The molecule has 2 rings (SSSR count). The standard InChI is InChI=1S/C16H17F2N/c1-12(18)16(5-2-8-17)14-6-7-15-11-19-9-3-4-13(15)10-14/h2,5-8,10,19H,1,3-4,9,11H2/b8-2+,16-5+. The van der Waals surface area contributed by atoms with Gasteiger partial charge in [0.1, 0.15) is 5.83 Å². The van der Waals surface area contributed by atoms with Crippen LogP contribution in [0.4, 0.5) is 8.78 Å². The summed E-state index contributed by atoms with van der Waals surface area (Å²) in [5.41, 5.74) is 3.53. The lowest BCUT2D eigenvalue weighted by atomic mass is 9.96. The van der Waals surface area contributed by atoms with Crippen molar-refractivity contribution >= 4 is 5.57 Å². The normalized spacial score (nSPS) is 16.2. The Kier molecular flexibility index (Phi) is 4.63. The summed E-state index contributed by atoms with van der Waals surface area (Å²) in [7, 11) is 0. The molecule has 1 nitrogen and oxygen atoms in total. The number of hydrogen-bond donors (Lipinski definition) is 1. The summed E-state index contributed by atoms with van der Waals surface area (Å²) in [5, 5.41) is 3.34. The summed E-state index contributed by atoms with van der Waals surface area (Å²) in [6, 6.07) is 5.83. The first-order chi connectivity index (χ1) is 9.22. The van der Waals surface area contributed by atoms with Crippen LogP contribution in [0, 0.1) is 0 Å². The van der Waals surface area contributed by atoms with Gasteiger partial charge in [-0.1, -0.05) is 24.8 Å². The van der Waals surface area contributed by atoms with Crippen molar-refractivity contribution in [1.82, 2.24) is 5.32 Å². The second-order valence-corrected chi connectivity index (χ2v) is 4.57. The summed E-state index contributed by atoms with van der Waals surface area (Å²) in [4.78, 5) is 0. The molecule has 1 heterocycles. The Morgan fingerprint density at radius 2 is 2.16 bits per heavy atom. The highest BCUT2D eigenvalue weighted by Gasteiger charge is 2.11. The Bertz CT molecular complexity index is 530. The lowest BCUT2D eigenvalue weighted by molar-refractivity contribution is 0.678. The van der Waals surface area contributed by atoms with Crippen molar-refractivity contribution in [3.8, 4) is 0 Å². The number of rotatable bonds is 3. The number of fused-ring (bicyclic) bond motifs is 1. The first-order valence-electron chi connectivity index (χ1n) is 6.37. The second-order valence-electron chi connectivity index (χ2n) is 4.57. The van der Waals surface area contributed by atoms with E-state index in [2.05, 4.69) is 11.9 Å². The number of allylic oxidation sites excluding steroid dienone is 4. The van der Waals surface area contributed by atoms with Crippen molar-refractivity contribution in [1.29, 1.82) is 0 Å². The maximum absolute atomic E-state index is 13.5. The molecule has 0 spiro atoms. The van der Waals surface area contributed by atoms with Crippen molar-refractivity contribution in [2.75, 3.05) is 6.54 Å². The maximum atomic E-state index is 13.5. The second kappa shape index (κ2) is 6.43. The minimum absolute atomic E-state index is 0.328. The van der Waals surface area contributed by atoms with Crippen LogP contribution >= 0.6 is 0 Å². The zero-order chi connectivity index (χ0) is 13.7. The molecule has 1 N–H and O–H groups in total. The molecule has 0 saturated carbocycles. The average molecular weight is 261 g/mol. The van der Waals surface area contributed by atoms with Crippen molar-refractivity contribution in [3.63, 3.8) is 0 Å². The molecule has 100 valence electrons. The van der Waals surface area contributed by atoms with Gasteiger partial charge in [-0.25, -0.2) is 8.78 Å². The SMILES string of the molecule is C=C(F)/C(=C\C=C\F)c1ccc2c(c1)CCCNC2. The van der Waals surface area contributed by atoms with Crippen LogP contribution in [0.25, 0.3) is 5.57 Å². The van der Waals surface area contributed by atoms with Gasteiger partial charge in [0.25, 0.3) is 0 Å². The molecular weight excluding hydrogens is 244 g/mol. The van der Waals surface area contributed by atoms with E-state index < -0.39 is 5.83 Å². The molecule has 0 amide bonds. The van der Waals surface area contributed by atoms with E-state index in [9.17, 15) is 8.78 Å². The maximum Gasteiger partial charge on any atom is 0.123 e. The summed E-state index contributed by atoms with van der Waals surface area (Å²) in [6.45, 7) is 5.15. The monoisotopic (exact) mass is 261 g/mol. The summed E-state index contributed by atoms with van der Waals surface area (Å²) >= 11 is 0. The summed E-state index contributed by atoms with van der Waals surface area (Å²) in [5.74, 6) is -0.551. The zero-order valence-electron chi connectivity index (χ0n) is 10.8. The van der Waals surface area contributed by atoms with E-state index in [1.165, 1.54) is 23.3 Å². The highest BCUT2D eigenvalue weighted by molar-refractivity contribution is 5.78. The van der Waals surface area contributed by atoms with Gasteiger partial charge in [0.2, 0.25) is 0 Å². The molecule has 0 saturated heterocycles. The minimum Gasteiger partial charge on any atom is -0.313 e. The van der Waals surface area contributed by atoms with Gasteiger partial charge in [-0.2, -0.15) is 0 Å². The molecular formula is C16H17F2N. The lowest BCUT2D eigenvalue weighted by Gasteiger charge is -2.10. The Morgan fingerprint density at radius 1 is 1.32 bits per heavy atom. The third kappa shape index (κ3) is 3.38. The molecule has 1 aromatic rings. The van der Waals surface area contributed by atoms with Crippen molar-refractivity contribution in [2.24, 2.45) is 0 Å². The molecule has 0 bridgehead atoms. The number of nitrogens with one attached hydrogen (secondary N) is 1. The van der Waals surface area contributed by atoms with Gasteiger partial charge in [-0.15, -0.1) is 0 Å². The van der Waals surface area contributed by atoms with Crippen LogP contribution in [0.1, 0.15) is 23.1 Å². The Balaban J connectivity index is 2.39. The topological polar surface area (TPSA) is 12.0 Å². The van der Waals surface area contributed by atoms with Gasteiger partial charge in [-0.05, 0) is 48.2 Å². The highest BCUT2D eigenvalue weighted by atomic mass is 19.1. The number of hydrogen-bond acceptors (Lipinski definition) is 1. The van der Waals surface area contributed by atoms with Crippen molar-refractivity contribution in [3.05, 3.63) is 65.8 Å². The van der Waals surface area contributed by atoms with Gasteiger partial charge >= 0.3 is 0 Å². The molecule has 19 heavy (non-hydrogen) atoms. The molecule has 1 aliphatic heterocycles. The highest BCUT2D eigenvalue weighted by Crippen LogP contribution is 2.26. The fourth-order valence-electron chi connectivity index (χ4n) is 2.30. The molecule has 0 atom stereocenters. The van der Waals surface area contributed by atoms with Crippen LogP contribution < -0.4 is 5.32 Å². The van der Waals surface area contributed by atoms with Gasteiger partial charge < -0.3 is 5.32 Å². The van der Waals surface area contributed by atoms with E-state index in [1.54, 1.807) is 0 Å². The van der Waals surface area contributed by atoms with E-state index in [0.29, 0.717) is 11.9 Å². The molecule has 0 fully saturated rings. The minimum atomic E-state index is -0.551. The summed E-state index contributed by atoms with van der Waals surface area (Å²) in [6.07, 6.45) is 5.00. The number of benzene rings is 1. The van der Waals surface area contributed by atoms with Crippen LogP contribution in [0.15, 0.2) is 49.1 Å². The first kappa shape index (κ1) is 13.7. The Morgan fingerprint density at radius 3 is 2.89 bits per heavy atom. The average Bonchev–Trinajstić information content (AvgIpc) is 2.63. The molecule has 1 aliphatic rings. The lowest BCUT2D eigenvalue weighted by Crippen LogP contribution is -2.11. The van der Waals surface area contributed by atoms with E-state index in [0.717, 1.165) is 31.5 Å². The van der Waals surface area contributed by atoms with Gasteiger partial charge in [0.05, 0.1) is 6.33 Å². The van der Waals surface area contributed by atoms with E-state index in [1.807, 2.05) is 18.2 Å². The Labute approximate surface area is 112 Å². The van der Waals surface area contributed by atoms with Gasteiger partial charge in [0.15, 0.2) is 0 Å². The van der Waals surface area contributed by atoms with Crippen LogP contribution in [-0.4, -0.2) is 6.54 Å².